The molecule has 1 amide bonds. The number of amides is 1. The molecule has 1 aliphatic heterocycles. The first-order valence-corrected chi connectivity index (χ1v) is 4.66. The van der Waals surface area contributed by atoms with Gasteiger partial charge in [0, 0.05) is 13.2 Å². The molecular weight excluding hydrogens is 186 g/mol. The molecule has 1 N–H and O–H groups in total. The van der Waals surface area contributed by atoms with E-state index in [1.807, 2.05) is 0 Å². The molecule has 0 aromatic heterocycles. The van der Waals surface area contributed by atoms with Gasteiger partial charge in [-0.25, -0.2) is 0 Å². The molecule has 0 aromatic carbocycles. The number of hydrogen-bond donors (Lipinski definition) is 1. The zero-order chi connectivity index (χ0) is 10.4. The number of esters is 1. The summed E-state index contributed by atoms with van der Waals surface area (Å²) < 4.78 is 9.52. The molecule has 0 spiro atoms. The van der Waals surface area contributed by atoms with Crippen molar-refractivity contribution in [3.05, 3.63) is 0 Å². The molecular formula is C9H15NO4. The van der Waals surface area contributed by atoms with Gasteiger partial charge in [-0.2, -0.15) is 0 Å². The van der Waals surface area contributed by atoms with Crippen LogP contribution in [0.15, 0.2) is 0 Å². The Bertz CT molecular complexity index is 211. The Balaban J connectivity index is 2.11. The van der Waals surface area contributed by atoms with Crippen molar-refractivity contribution in [2.45, 2.75) is 12.8 Å². The number of carbonyl (C=O) groups is 2. The fraction of sp³-hybridized carbons (Fsp3) is 0.778. The Kier molecular flexibility index (Phi) is 4.39. The van der Waals surface area contributed by atoms with Crippen LogP contribution in [0.1, 0.15) is 12.8 Å². The zero-order valence-corrected chi connectivity index (χ0v) is 8.25. The van der Waals surface area contributed by atoms with Crippen molar-refractivity contribution in [1.29, 1.82) is 0 Å². The fourth-order valence-corrected chi connectivity index (χ4v) is 1.28. The Labute approximate surface area is 82.8 Å². The summed E-state index contributed by atoms with van der Waals surface area (Å²) in [5.74, 6) is -0.396. The first-order valence-electron chi connectivity index (χ1n) is 4.66. The van der Waals surface area contributed by atoms with Gasteiger partial charge >= 0.3 is 5.97 Å². The minimum absolute atomic E-state index is 0.0357. The lowest BCUT2D eigenvalue weighted by Gasteiger charge is -2.08. The van der Waals surface area contributed by atoms with Crippen LogP contribution in [0.2, 0.25) is 0 Å². The Morgan fingerprint density at radius 1 is 1.57 bits per heavy atom. The van der Waals surface area contributed by atoms with E-state index in [0.717, 1.165) is 6.42 Å². The standard InChI is InChI=1S/C9H15NO4/c1-13-8(11)2-4-10-9(12)7-3-5-14-6-7/h7H,2-6H2,1H3,(H,10,12). The molecule has 0 saturated carbocycles. The lowest BCUT2D eigenvalue weighted by molar-refractivity contribution is -0.140. The van der Waals surface area contributed by atoms with Crippen LogP contribution in [-0.4, -0.2) is 38.7 Å². The highest BCUT2D eigenvalue weighted by molar-refractivity contribution is 5.79. The maximum atomic E-state index is 11.4. The molecule has 1 saturated heterocycles. The van der Waals surface area contributed by atoms with E-state index in [1.54, 1.807) is 0 Å². The number of ether oxygens (including phenoxy) is 2. The van der Waals surface area contributed by atoms with Gasteiger partial charge < -0.3 is 14.8 Å². The highest BCUT2D eigenvalue weighted by Crippen LogP contribution is 2.11. The lowest BCUT2D eigenvalue weighted by Crippen LogP contribution is -2.32. The molecule has 0 aromatic rings. The smallest absolute Gasteiger partial charge is 0.307 e. The van der Waals surface area contributed by atoms with E-state index in [9.17, 15) is 9.59 Å². The molecule has 0 radical (unpaired) electrons. The Hall–Kier alpha value is -1.10. The second-order valence-corrected chi connectivity index (χ2v) is 3.18. The van der Waals surface area contributed by atoms with Crippen molar-refractivity contribution in [3.63, 3.8) is 0 Å². The topological polar surface area (TPSA) is 64.6 Å². The van der Waals surface area contributed by atoms with Crippen molar-refractivity contribution in [1.82, 2.24) is 5.32 Å². The van der Waals surface area contributed by atoms with Crippen molar-refractivity contribution in [2.75, 3.05) is 26.9 Å². The third kappa shape index (κ3) is 3.33. The van der Waals surface area contributed by atoms with Crippen molar-refractivity contribution >= 4 is 11.9 Å². The van der Waals surface area contributed by atoms with Gasteiger partial charge in [0.2, 0.25) is 5.91 Å². The van der Waals surface area contributed by atoms with Gasteiger partial charge in [-0.3, -0.25) is 9.59 Å². The van der Waals surface area contributed by atoms with E-state index in [1.165, 1.54) is 7.11 Å². The van der Waals surface area contributed by atoms with Crippen LogP contribution >= 0.6 is 0 Å². The highest BCUT2D eigenvalue weighted by Gasteiger charge is 2.22. The Morgan fingerprint density at radius 3 is 2.93 bits per heavy atom. The minimum Gasteiger partial charge on any atom is -0.469 e. The Morgan fingerprint density at radius 2 is 2.36 bits per heavy atom. The van der Waals surface area contributed by atoms with Gasteiger partial charge in [0.05, 0.1) is 26.1 Å². The quantitative estimate of drug-likeness (QED) is 0.634. The van der Waals surface area contributed by atoms with Crippen molar-refractivity contribution in [2.24, 2.45) is 5.92 Å². The molecule has 1 unspecified atom stereocenters. The van der Waals surface area contributed by atoms with Crippen molar-refractivity contribution < 1.29 is 19.1 Å². The second kappa shape index (κ2) is 5.59. The molecule has 1 heterocycles. The maximum Gasteiger partial charge on any atom is 0.307 e. The van der Waals surface area contributed by atoms with Crippen LogP contribution in [0, 0.1) is 5.92 Å². The van der Waals surface area contributed by atoms with E-state index in [2.05, 4.69) is 10.1 Å². The van der Waals surface area contributed by atoms with Crippen LogP contribution in [0.25, 0.3) is 0 Å². The van der Waals surface area contributed by atoms with Gasteiger partial charge in [-0.1, -0.05) is 0 Å². The summed E-state index contributed by atoms with van der Waals surface area (Å²) in [6.07, 6.45) is 0.986. The molecule has 5 nitrogen and oxygen atoms in total. The summed E-state index contributed by atoms with van der Waals surface area (Å²) in [5.41, 5.74) is 0. The van der Waals surface area contributed by atoms with Gasteiger partial charge in [0.1, 0.15) is 0 Å². The lowest BCUT2D eigenvalue weighted by atomic mass is 10.1. The average molecular weight is 201 g/mol. The SMILES string of the molecule is COC(=O)CCNC(=O)C1CCOC1. The van der Waals surface area contributed by atoms with Gasteiger partial charge in [0.15, 0.2) is 0 Å². The summed E-state index contributed by atoms with van der Waals surface area (Å²) in [6.45, 7) is 1.47. The zero-order valence-electron chi connectivity index (χ0n) is 8.25. The predicted octanol–water partition coefficient (Wildman–Crippen LogP) is -0.298. The molecule has 14 heavy (non-hydrogen) atoms. The molecule has 0 bridgehead atoms. The number of methoxy groups -OCH3 is 1. The van der Waals surface area contributed by atoms with E-state index in [-0.39, 0.29) is 24.2 Å². The van der Waals surface area contributed by atoms with Gasteiger partial charge in [-0.05, 0) is 6.42 Å². The minimum atomic E-state index is -0.312. The van der Waals surface area contributed by atoms with Gasteiger partial charge in [0.25, 0.3) is 0 Å². The average Bonchev–Trinajstić information content (AvgIpc) is 2.70. The summed E-state index contributed by atoms with van der Waals surface area (Å²) in [6, 6.07) is 0. The largest absolute Gasteiger partial charge is 0.469 e. The van der Waals surface area contributed by atoms with Crippen LogP contribution in [0.4, 0.5) is 0 Å². The fourth-order valence-electron chi connectivity index (χ4n) is 1.28. The van der Waals surface area contributed by atoms with E-state index in [0.29, 0.717) is 19.8 Å². The molecule has 5 heteroatoms. The second-order valence-electron chi connectivity index (χ2n) is 3.18. The van der Waals surface area contributed by atoms with Crippen LogP contribution in [0.3, 0.4) is 0 Å². The molecule has 0 aliphatic carbocycles. The normalized spacial score (nSPS) is 20.5. The highest BCUT2D eigenvalue weighted by atomic mass is 16.5. The maximum absolute atomic E-state index is 11.4. The predicted molar refractivity (Wildman–Crippen MR) is 48.6 cm³/mol. The first-order chi connectivity index (χ1) is 6.74. The van der Waals surface area contributed by atoms with Crippen LogP contribution in [-0.2, 0) is 19.1 Å². The van der Waals surface area contributed by atoms with E-state index in [4.69, 9.17) is 4.74 Å². The number of carbonyl (C=O) groups excluding carboxylic acids is 2. The van der Waals surface area contributed by atoms with Crippen molar-refractivity contribution in [3.8, 4) is 0 Å². The third-order valence-electron chi connectivity index (χ3n) is 2.16. The summed E-state index contributed by atoms with van der Waals surface area (Å²) in [4.78, 5) is 22.1. The molecule has 1 rings (SSSR count). The molecule has 80 valence electrons. The number of rotatable bonds is 4. The van der Waals surface area contributed by atoms with E-state index < -0.39 is 0 Å². The summed E-state index contributed by atoms with van der Waals surface area (Å²) in [7, 11) is 1.33. The molecule has 1 atom stereocenters. The number of nitrogens with one attached hydrogen (secondary N) is 1. The monoisotopic (exact) mass is 201 g/mol. The van der Waals surface area contributed by atoms with Gasteiger partial charge in [-0.15, -0.1) is 0 Å². The first kappa shape index (κ1) is 11.0. The molecule has 1 aliphatic rings. The third-order valence-corrected chi connectivity index (χ3v) is 2.16. The van der Waals surface area contributed by atoms with Crippen LogP contribution in [0.5, 0.6) is 0 Å². The summed E-state index contributed by atoms with van der Waals surface area (Å²) >= 11 is 0. The molecule has 1 fully saturated rings. The number of hydrogen-bond acceptors (Lipinski definition) is 4. The van der Waals surface area contributed by atoms with Crippen LogP contribution < -0.4 is 5.32 Å². The summed E-state index contributed by atoms with van der Waals surface area (Å²) in [5, 5.41) is 2.67. The van der Waals surface area contributed by atoms with E-state index >= 15 is 0 Å².